The summed E-state index contributed by atoms with van der Waals surface area (Å²) in [5, 5.41) is 5.75. The van der Waals surface area contributed by atoms with Crippen LogP contribution in [0, 0.1) is 0 Å². The minimum atomic E-state index is 0.852. The van der Waals surface area contributed by atoms with Gasteiger partial charge in [0.2, 0.25) is 0 Å². The van der Waals surface area contributed by atoms with E-state index >= 15 is 0 Å². The largest absolute Gasteiger partial charge is 0.315 e. The summed E-state index contributed by atoms with van der Waals surface area (Å²) in [6.07, 6.45) is 4.03. The summed E-state index contributed by atoms with van der Waals surface area (Å²) in [6.45, 7) is 5.76. The van der Waals surface area contributed by atoms with E-state index in [-0.39, 0.29) is 0 Å². The first-order valence-corrected chi connectivity index (χ1v) is 8.25. The molecule has 1 aliphatic carbocycles. The molecule has 0 aliphatic heterocycles. The van der Waals surface area contributed by atoms with Gasteiger partial charge < -0.3 is 10.2 Å². The highest BCUT2D eigenvalue weighted by Crippen LogP contribution is 2.28. The van der Waals surface area contributed by atoms with Gasteiger partial charge in [0.1, 0.15) is 0 Å². The number of rotatable bonds is 10. The molecule has 0 saturated heterocycles. The predicted octanol–water partition coefficient (Wildman–Crippen LogP) is 2.25. The maximum atomic E-state index is 3.57. The topological polar surface area (TPSA) is 18.5 Å². The number of hydrogen-bond donors (Lipinski definition) is 1. The Morgan fingerprint density at radius 1 is 1.26 bits per heavy atom. The zero-order chi connectivity index (χ0) is 13.5. The van der Waals surface area contributed by atoms with Gasteiger partial charge in [0.15, 0.2) is 0 Å². The fourth-order valence-electron chi connectivity index (χ4n) is 2.30. The molecule has 1 aromatic rings. The third-order valence-corrected chi connectivity index (χ3v) is 4.40. The lowest BCUT2D eigenvalue weighted by Crippen LogP contribution is -2.34. The van der Waals surface area contributed by atoms with Gasteiger partial charge in [-0.15, -0.1) is 11.3 Å². The van der Waals surface area contributed by atoms with Crippen molar-refractivity contribution in [3.05, 3.63) is 22.4 Å². The van der Waals surface area contributed by atoms with E-state index in [0.717, 1.165) is 25.7 Å². The van der Waals surface area contributed by atoms with Crippen molar-refractivity contribution in [2.75, 3.05) is 40.3 Å². The summed E-state index contributed by atoms with van der Waals surface area (Å²) in [5.74, 6) is 0. The maximum Gasteiger partial charge on any atom is 0.0331 e. The Hall–Kier alpha value is -0.420. The van der Waals surface area contributed by atoms with Crippen LogP contribution in [-0.4, -0.2) is 56.1 Å². The molecular formula is C15H27N3S. The minimum Gasteiger partial charge on any atom is -0.315 e. The number of nitrogens with zero attached hydrogens (tertiary/aromatic N) is 2. The molecule has 0 amide bonds. The second-order valence-corrected chi connectivity index (χ2v) is 6.72. The molecule has 108 valence electrons. The Kier molecular flexibility index (Phi) is 6.31. The standard InChI is InChI=1S/C15H27N3S/c1-17(2)10-4-8-16-9-11-18(14-6-7-14)13-15-5-3-12-19-15/h3,5,12,14,16H,4,6-11,13H2,1-2H3. The number of nitrogens with one attached hydrogen (secondary N) is 1. The SMILES string of the molecule is CN(C)CCCNCCN(Cc1cccs1)C1CC1. The first kappa shape index (κ1) is 15.0. The Bertz CT molecular complexity index is 333. The van der Waals surface area contributed by atoms with Crippen molar-refractivity contribution >= 4 is 11.3 Å². The lowest BCUT2D eigenvalue weighted by Gasteiger charge is -2.21. The lowest BCUT2D eigenvalue weighted by molar-refractivity contribution is 0.256. The highest BCUT2D eigenvalue weighted by Gasteiger charge is 2.28. The van der Waals surface area contributed by atoms with Gasteiger partial charge in [0.25, 0.3) is 0 Å². The lowest BCUT2D eigenvalue weighted by atomic mass is 10.3. The van der Waals surface area contributed by atoms with Crippen molar-refractivity contribution in [3.8, 4) is 0 Å². The number of thiophene rings is 1. The van der Waals surface area contributed by atoms with Crippen LogP contribution >= 0.6 is 11.3 Å². The van der Waals surface area contributed by atoms with E-state index < -0.39 is 0 Å². The summed E-state index contributed by atoms with van der Waals surface area (Å²) in [7, 11) is 4.27. The Labute approximate surface area is 121 Å². The molecule has 4 heteroatoms. The molecule has 1 heterocycles. The van der Waals surface area contributed by atoms with Gasteiger partial charge >= 0.3 is 0 Å². The molecule has 1 saturated carbocycles. The summed E-state index contributed by atoms with van der Waals surface area (Å²) in [4.78, 5) is 6.39. The van der Waals surface area contributed by atoms with Crippen LogP contribution in [0.25, 0.3) is 0 Å². The Morgan fingerprint density at radius 3 is 2.74 bits per heavy atom. The van der Waals surface area contributed by atoms with E-state index in [1.165, 1.54) is 37.2 Å². The smallest absolute Gasteiger partial charge is 0.0331 e. The van der Waals surface area contributed by atoms with Crippen molar-refractivity contribution in [3.63, 3.8) is 0 Å². The van der Waals surface area contributed by atoms with E-state index in [0.29, 0.717) is 0 Å². The second-order valence-electron chi connectivity index (χ2n) is 5.69. The van der Waals surface area contributed by atoms with Crippen LogP contribution in [0.5, 0.6) is 0 Å². The van der Waals surface area contributed by atoms with Gasteiger partial charge in [-0.3, -0.25) is 4.90 Å². The molecule has 1 aromatic heterocycles. The van der Waals surface area contributed by atoms with E-state index in [4.69, 9.17) is 0 Å². The maximum absolute atomic E-state index is 3.57. The molecule has 0 spiro atoms. The molecule has 3 nitrogen and oxygen atoms in total. The van der Waals surface area contributed by atoms with E-state index in [1.807, 2.05) is 11.3 Å². The van der Waals surface area contributed by atoms with Crippen LogP contribution in [0.4, 0.5) is 0 Å². The first-order valence-electron chi connectivity index (χ1n) is 7.37. The van der Waals surface area contributed by atoms with Crippen LogP contribution in [-0.2, 0) is 6.54 Å². The second kappa shape index (κ2) is 8.00. The van der Waals surface area contributed by atoms with Gasteiger partial charge in [0, 0.05) is 30.6 Å². The van der Waals surface area contributed by atoms with Gasteiger partial charge in [-0.05, 0) is 57.9 Å². The highest BCUT2D eigenvalue weighted by molar-refractivity contribution is 7.09. The fraction of sp³-hybridized carbons (Fsp3) is 0.733. The Morgan fingerprint density at radius 2 is 2.11 bits per heavy atom. The van der Waals surface area contributed by atoms with Crippen molar-refractivity contribution in [1.82, 2.24) is 15.1 Å². The summed E-state index contributed by atoms with van der Waals surface area (Å²) < 4.78 is 0. The van der Waals surface area contributed by atoms with Crippen LogP contribution in [0.1, 0.15) is 24.1 Å². The average molecular weight is 281 g/mol. The van der Waals surface area contributed by atoms with Crippen LogP contribution in [0.3, 0.4) is 0 Å². The zero-order valence-corrected chi connectivity index (χ0v) is 13.1. The van der Waals surface area contributed by atoms with Crippen molar-refractivity contribution in [1.29, 1.82) is 0 Å². The van der Waals surface area contributed by atoms with Gasteiger partial charge in [-0.2, -0.15) is 0 Å². The van der Waals surface area contributed by atoms with Crippen LogP contribution in [0.2, 0.25) is 0 Å². The van der Waals surface area contributed by atoms with E-state index in [1.54, 1.807) is 0 Å². The van der Waals surface area contributed by atoms with Gasteiger partial charge in [-0.1, -0.05) is 6.07 Å². The van der Waals surface area contributed by atoms with Crippen LogP contribution < -0.4 is 5.32 Å². The molecule has 1 N–H and O–H groups in total. The fourth-order valence-corrected chi connectivity index (χ4v) is 3.03. The summed E-state index contributed by atoms with van der Waals surface area (Å²) >= 11 is 1.88. The Balaban J connectivity index is 1.59. The quantitative estimate of drug-likeness (QED) is 0.664. The molecule has 19 heavy (non-hydrogen) atoms. The summed E-state index contributed by atoms with van der Waals surface area (Å²) in [5.41, 5.74) is 0. The third-order valence-electron chi connectivity index (χ3n) is 3.54. The molecule has 0 unspecified atom stereocenters. The van der Waals surface area contributed by atoms with Crippen molar-refractivity contribution < 1.29 is 0 Å². The third kappa shape index (κ3) is 6.04. The molecule has 1 fully saturated rings. The molecule has 0 bridgehead atoms. The first-order chi connectivity index (χ1) is 9.25. The average Bonchev–Trinajstić information content (AvgIpc) is 3.10. The van der Waals surface area contributed by atoms with Gasteiger partial charge in [0.05, 0.1) is 0 Å². The molecular weight excluding hydrogens is 254 g/mol. The van der Waals surface area contributed by atoms with E-state index in [2.05, 4.69) is 46.7 Å². The zero-order valence-electron chi connectivity index (χ0n) is 12.3. The molecule has 0 aromatic carbocycles. The predicted molar refractivity (Wildman–Crippen MR) is 83.8 cm³/mol. The van der Waals surface area contributed by atoms with Crippen molar-refractivity contribution in [2.24, 2.45) is 0 Å². The monoisotopic (exact) mass is 281 g/mol. The van der Waals surface area contributed by atoms with Gasteiger partial charge in [-0.25, -0.2) is 0 Å². The van der Waals surface area contributed by atoms with Crippen molar-refractivity contribution in [2.45, 2.75) is 31.8 Å². The number of hydrogen-bond acceptors (Lipinski definition) is 4. The normalized spacial score (nSPS) is 15.6. The van der Waals surface area contributed by atoms with E-state index in [9.17, 15) is 0 Å². The van der Waals surface area contributed by atoms with Crippen LogP contribution in [0.15, 0.2) is 17.5 Å². The highest BCUT2D eigenvalue weighted by atomic mass is 32.1. The molecule has 1 aliphatic rings. The molecule has 0 radical (unpaired) electrons. The minimum absolute atomic E-state index is 0.852. The molecule has 2 rings (SSSR count). The summed E-state index contributed by atoms with van der Waals surface area (Å²) in [6, 6.07) is 5.26. The molecule has 0 atom stereocenters.